The van der Waals surface area contributed by atoms with E-state index in [1.54, 1.807) is 4.90 Å². The molecular weight excluding hydrogens is 590 g/mol. The summed E-state index contributed by atoms with van der Waals surface area (Å²) in [5.74, 6) is 0.373. The molecule has 3 atom stereocenters. The molecule has 4 aromatic rings. The third-order valence-corrected chi connectivity index (χ3v) is 8.44. The van der Waals surface area contributed by atoms with Crippen LogP contribution in [-0.2, 0) is 33.6 Å². The second-order valence-corrected chi connectivity index (χ2v) is 12.4. The molecule has 1 heterocycles. The first-order chi connectivity index (χ1) is 22.8. The fourth-order valence-corrected chi connectivity index (χ4v) is 5.92. The average Bonchev–Trinajstić information content (AvgIpc) is 3.51. The van der Waals surface area contributed by atoms with Crippen LogP contribution >= 0.6 is 0 Å². The average molecular weight is 634 g/mol. The van der Waals surface area contributed by atoms with Crippen LogP contribution in [0.5, 0.6) is 11.5 Å². The molecular formula is C39H43N3O5. The predicted octanol–water partition coefficient (Wildman–Crippen LogP) is 5.62. The number of amides is 3. The second-order valence-electron chi connectivity index (χ2n) is 12.4. The van der Waals surface area contributed by atoms with Gasteiger partial charge in [-0.1, -0.05) is 92.7 Å². The number of carbonyl (C=O) groups is 3. The first-order valence-corrected chi connectivity index (χ1v) is 16.3. The molecule has 5 rings (SSSR count). The molecule has 0 aliphatic carbocycles. The Morgan fingerprint density at radius 2 is 1.47 bits per heavy atom. The largest absolute Gasteiger partial charge is 0.457 e. The van der Waals surface area contributed by atoms with Gasteiger partial charge in [0.05, 0.1) is 18.6 Å². The molecule has 8 heteroatoms. The predicted molar refractivity (Wildman–Crippen MR) is 183 cm³/mol. The molecule has 0 fully saturated rings. The Hall–Kier alpha value is -4.95. The molecule has 47 heavy (non-hydrogen) atoms. The van der Waals surface area contributed by atoms with E-state index in [1.807, 2.05) is 123 Å². The SMILES string of the molecule is CC(C)[C@H](NC(=O)Cc1cccc(Oc2ccccc2)c1)C(=O)N[C@@H](Cc1ccccc1)[C@H](O)CCC(=O)N1CCc2ccccc21. The molecule has 3 N–H and O–H groups in total. The van der Waals surface area contributed by atoms with Crippen LogP contribution in [0, 0.1) is 5.92 Å². The molecule has 0 saturated carbocycles. The standard InChI is InChI=1S/C39H43N3O5/c1-27(2)38(41-36(44)26-29-14-11-18-32(24-29)47-31-16-7-4-8-17-31)39(46)40-33(25-28-12-5-3-6-13-28)35(43)20-21-37(45)42-23-22-30-15-9-10-19-34(30)42/h3-19,24,27,33,35,38,43H,20-23,25-26H2,1-2H3,(H,40,46)(H,41,44)/t33-,35+,38-/m0/s1. The summed E-state index contributed by atoms with van der Waals surface area (Å²) in [6.45, 7) is 4.36. The Morgan fingerprint density at radius 3 is 2.21 bits per heavy atom. The number of aliphatic hydroxyl groups excluding tert-OH is 1. The first kappa shape index (κ1) is 33.4. The van der Waals surface area contributed by atoms with Crippen molar-refractivity contribution in [1.29, 1.82) is 0 Å². The second kappa shape index (κ2) is 16.1. The fraction of sp³-hybridized carbons (Fsp3) is 0.308. The van der Waals surface area contributed by atoms with Crippen LogP contribution < -0.4 is 20.3 Å². The molecule has 0 aromatic heterocycles. The zero-order chi connectivity index (χ0) is 33.2. The van der Waals surface area contributed by atoms with Gasteiger partial charge in [0, 0.05) is 18.7 Å². The van der Waals surface area contributed by atoms with E-state index in [-0.39, 0.29) is 42.9 Å². The number of para-hydroxylation sites is 2. The van der Waals surface area contributed by atoms with E-state index < -0.39 is 18.2 Å². The Balaban J connectivity index is 1.21. The maximum Gasteiger partial charge on any atom is 0.243 e. The number of hydrogen-bond acceptors (Lipinski definition) is 5. The number of nitrogens with one attached hydrogen (secondary N) is 2. The zero-order valence-corrected chi connectivity index (χ0v) is 27.0. The van der Waals surface area contributed by atoms with Gasteiger partial charge in [-0.25, -0.2) is 0 Å². The quantitative estimate of drug-likeness (QED) is 0.167. The van der Waals surface area contributed by atoms with Gasteiger partial charge in [0.15, 0.2) is 0 Å². The Labute approximate surface area is 276 Å². The number of carbonyl (C=O) groups excluding carboxylic acids is 3. The minimum Gasteiger partial charge on any atom is -0.457 e. The number of fused-ring (bicyclic) bond motifs is 1. The van der Waals surface area contributed by atoms with Crippen LogP contribution in [-0.4, -0.2) is 47.6 Å². The Bertz CT molecular complexity index is 1640. The Morgan fingerprint density at radius 1 is 0.809 bits per heavy atom. The summed E-state index contributed by atoms with van der Waals surface area (Å²) < 4.78 is 5.91. The van der Waals surface area contributed by atoms with Crippen molar-refractivity contribution in [3.8, 4) is 11.5 Å². The number of nitrogens with zero attached hydrogens (tertiary/aromatic N) is 1. The van der Waals surface area contributed by atoms with Crippen LogP contribution in [0.25, 0.3) is 0 Å². The smallest absolute Gasteiger partial charge is 0.243 e. The highest BCUT2D eigenvalue weighted by Gasteiger charge is 2.30. The topological polar surface area (TPSA) is 108 Å². The third kappa shape index (κ3) is 9.30. The summed E-state index contributed by atoms with van der Waals surface area (Å²) in [7, 11) is 0. The molecule has 0 spiro atoms. The summed E-state index contributed by atoms with van der Waals surface area (Å²) >= 11 is 0. The number of anilines is 1. The molecule has 1 aliphatic rings. The normalized spacial score (nSPS) is 14.2. The van der Waals surface area contributed by atoms with E-state index in [4.69, 9.17) is 4.74 Å². The van der Waals surface area contributed by atoms with Crippen molar-refractivity contribution < 1.29 is 24.2 Å². The molecule has 0 radical (unpaired) electrons. The van der Waals surface area contributed by atoms with Crippen molar-refractivity contribution >= 4 is 23.4 Å². The number of benzene rings is 4. The van der Waals surface area contributed by atoms with Crippen molar-refractivity contribution in [2.24, 2.45) is 5.92 Å². The van der Waals surface area contributed by atoms with Gasteiger partial charge in [-0.05, 0) is 72.2 Å². The molecule has 1 aliphatic heterocycles. The van der Waals surface area contributed by atoms with Crippen molar-refractivity contribution in [3.63, 3.8) is 0 Å². The van der Waals surface area contributed by atoms with Crippen molar-refractivity contribution in [1.82, 2.24) is 10.6 Å². The van der Waals surface area contributed by atoms with Gasteiger partial charge in [-0.15, -0.1) is 0 Å². The van der Waals surface area contributed by atoms with E-state index in [0.29, 0.717) is 24.5 Å². The van der Waals surface area contributed by atoms with Gasteiger partial charge in [0.2, 0.25) is 17.7 Å². The summed E-state index contributed by atoms with van der Waals surface area (Å²) in [5, 5.41) is 17.3. The van der Waals surface area contributed by atoms with E-state index >= 15 is 0 Å². The van der Waals surface area contributed by atoms with Crippen molar-refractivity contribution in [2.45, 2.75) is 64.1 Å². The van der Waals surface area contributed by atoms with Gasteiger partial charge >= 0.3 is 0 Å². The van der Waals surface area contributed by atoms with Gasteiger partial charge in [-0.2, -0.15) is 0 Å². The summed E-state index contributed by atoms with van der Waals surface area (Å²) in [6, 6.07) is 32.7. The molecule has 0 saturated heterocycles. The molecule has 3 amide bonds. The molecule has 244 valence electrons. The third-order valence-electron chi connectivity index (χ3n) is 8.44. The van der Waals surface area contributed by atoms with Gasteiger partial charge in [0.1, 0.15) is 17.5 Å². The highest BCUT2D eigenvalue weighted by molar-refractivity contribution is 5.95. The van der Waals surface area contributed by atoms with Crippen LogP contribution in [0.4, 0.5) is 5.69 Å². The molecule has 4 aromatic carbocycles. The zero-order valence-electron chi connectivity index (χ0n) is 27.0. The number of hydrogen-bond donors (Lipinski definition) is 3. The van der Waals surface area contributed by atoms with Crippen LogP contribution in [0.1, 0.15) is 43.4 Å². The lowest BCUT2D eigenvalue weighted by atomic mass is 9.96. The Kier molecular flexibility index (Phi) is 11.4. The lowest BCUT2D eigenvalue weighted by Crippen LogP contribution is -2.55. The summed E-state index contributed by atoms with van der Waals surface area (Å²) in [4.78, 5) is 41.8. The molecule has 0 bridgehead atoms. The maximum absolute atomic E-state index is 13.7. The molecule has 0 unspecified atom stereocenters. The van der Waals surface area contributed by atoms with Gasteiger partial charge in [0.25, 0.3) is 0 Å². The highest BCUT2D eigenvalue weighted by Crippen LogP contribution is 2.28. The number of ether oxygens (including phenoxy) is 1. The fourth-order valence-electron chi connectivity index (χ4n) is 5.92. The number of rotatable bonds is 14. The molecule has 8 nitrogen and oxygen atoms in total. The van der Waals surface area contributed by atoms with Crippen molar-refractivity contribution in [3.05, 3.63) is 126 Å². The van der Waals surface area contributed by atoms with Crippen LogP contribution in [0.2, 0.25) is 0 Å². The minimum absolute atomic E-state index is 0.0515. The first-order valence-electron chi connectivity index (χ1n) is 16.3. The van der Waals surface area contributed by atoms with E-state index in [9.17, 15) is 19.5 Å². The van der Waals surface area contributed by atoms with E-state index in [1.165, 1.54) is 0 Å². The van der Waals surface area contributed by atoms with E-state index in [0.717, 1.165) is 28.8 Å². The maximum atomic E-state index is 13.7. The minimum atomic E-state index is -0.975. The monoisotopic (exact) mass is 633 g/mol. The lowest BCUT2D eigenvalue weighted by Gasteiger charge is -2.29. The van der Waals surface area contributed by atoms with Crippen LogP contribution in [0.15, 0.2) is 109 Å². The lowest BCUT2D eigenvalue weighted by molar-refractivity contribution is -0.130. The van der Waals surface area contributed by atoms with Crippen LogP contribution in [0.3, 0.4) is 0 Å². The van der Waals surface area contributed by atoms with E-state index in [2.05, 4.69) is 10.6 Å². The number of aliphatic hydroxyl groups is 1. The highest BCUT2D eigenvalue weighted by atomic mass is 16.5. The van der Waals surface area contributed by atoms with Gasteiger partial charge < -0.3 is 25.4 Å². The van der Waals surface area contributed by atoms with Gasteiger partial charge in [-0.3, -0.25) is 14.4 Å². The van der Waals surface area contributed by atoms with Crippen molar-refractivity contribution in [2.75, 3.05) is 11.4 Å². The summed E-state index contributed by atoms with van der Waals surface area (Å²) in [5.41, 5.74) is 3.76. The summed E-state index contributed by atoms with van der Waals surface area (Å²) in [6.07, 6.45) is 0.620.